The van der Waals surface area contributed by atoms with Crippen LogP contribution in [-0.4, -0.2) is 30.0 Å². The lowest BCUT2D eigenvalue weighted by atomic mass is 10.1. The van der Waals surface area contributed by atoms with E-state index in [4.69, 9.17) is 4.74 Å². The Labute approximate surface area is 143 Å². The minimum absolute atomic E-state index is 0.0585. The van der Waals surface area contributed by atoms with Crippen LogP contribution in [0, 0.1) is 0 Å². The van der Waals surface area contributed by atoms with Gasteiger partial charge in [0.2, 0.25) is 5.91 Å². The molecule has 4 heteroatoms. The molecule has 2 aromatic carbocycles. The van der Waals surface area contributed by atoms with E-state index >= 15 is 0 Å². The maximum Gasteiger partial charge on any atom is 0.241 e. The Hall–Kier alpha value is -2.33. The fraction of sp³-hybridized carbons (Fsp3) is 0.350. The molecule has 1 aliphatic rings. The molecule has 0 unspecified atom stereocenters. The number of nitrogens with zero attached hydrogens (tertiary/aromatic N) is 1. The maximum atomic E-state index is 12.6. The fourth-order valence-corrected chi connectivity index (χ4v) is 3.16. The van der Waals surface area contributed by atoms with Crippen molar-refractivity contribution in [3.8, 4) is 5.75 Å². The predicted molar refractivity (Wildman–Crippen MR) is 96.1 cm³/mol. The van der Waals surface area contributed by atoms with Gasteiger partial charge in [-0.2, -0.15) is 0 Å². The molecule has 0 aliphatic carbocycles. The van der Waals surface area contributed by atoms with E-state index in [9.17, 15) is 4.79 Å². The van der Waals surface area contributed by atoms with Gasteiger partial charge in [0.25, 0.3) is 0 Å². The molecule has 1 heterocycles. The second-order valence-electron chi connectivity index (χ2n) is 6.06. The number of hydrogen-bond donors (Lipinski definition) is 1. The lowest BCUT2D eigenvalue weighted by Gasteiger charge is -2.23. The predicted octanol–water partition coefficient (Wildman–Crippen LogP) is 3.69. The van der Waals surface area contributed by atoms with Crippen LogP contribution in [0.4, 0.5) is 5.69 Å². The third kappa shape index (κ3) is 4.15. The minimum atomic E-state index is -0.0585. The molecule has 4 nitrogen and oxygen atoms in total. The first-order valence-electron chi connectivity index (χ1n) is 8.58. The second kappa shape index (κ2) is 7.97. The lowest BCUT2D eigenvalue weighted by Crippen LogP contribution is -2.39. The first-order valence-corrected chi connectivity index (χ1v) is 8.58. The topological polar surface area (TPSA) is 41.6 Å². The van der Waals surface area contributed by atoms with E-state index in [2.05, 4.69) is 22.3 Å². The minimum Gasteiger partial charge on any atom is -0.494 e. The third-order valence-electron chi connectivity index (χ3n) is 4.33. The number of rotatable bonds is 6. The van der Waals surface area contributed by atoms with Crippen molar-refractivity contribution in [3.63, 3.8) is 0 Å². The Morgan fingerprint density at radius 3 is 2.62 bits per heavy atom. The highest BCUT2D eigenvalue weighted by Gasteiger charge is 2.30. The van der Waals surface area contributed by atoms with Crippen molar-refractivity contribution in [2.75, 3.05) is 18.5 Å². The van der Waals surface area contributed by atoms with E-state index in [0.29, 0.717) is 6.61 Å². The van der Waals surface area contributed by atoms with Gasteiger partial charge in [0.15, 0.2) is 0 Å². The van der Waals surface area contributed by atoms with E-state index in [1.165, 1.54) is 5.56 Å². The molecular formula is C20H24N2O2. The van der Waals surface area contributed by atoms with Gasteiger partial charge in [0.05, 0.1) is 12.6 Å². The lowest BCUT2D eigenvalue weighted by molar-refractivity contribution is -0.120. The molecule has 1 saturated heterocycles. The zero-order valence-electron chi connectivity index (χ0n) is 14.1. The monoisotopic (exact) mass is 324 g/mol. The number of anilines is 1. The molecule has 126 valence electrons. The van der Waals surface area contributed by atoms with E-state index in [1.54, 1.807) is 0 Å². The number of carbonyl (C=O) groups excluding carboxylic acids is 1. The van der Waals surface area contributed by atoms with Crippen LogP contribution in [-0.2, 0) is 11.3 Å². The first-order chi connectivity index (χ1) is 11.8. The number of amides is 1. The van der Waals surface area contributed by atoms with Gasteiger partial charge in [-0.05, 0) is 56.1 Å². The molecule has 1 amide bonds. The first kappa shape index (κ1) is 16.5. The number of hydrogen-bond acceptors (Lipinski definition) is 3. The molecule has 0 bridgehead atoms. The summed E-state index contributed by atoms with van der Waals surface area (Å²) in [6.07, 6.45) is 1.98. The van der Waals surface area contributed by atoms with Gasteiger partial charge in [-0.25, -0.2) is 0 Å². The van der Waals surface area contributed by atoms with Crippen molar-refractivity contribution in [3.05, 3.63) is 60.2 Å². The summed E-state index contributed by atoms with van der Waals surface area (Å²) in [5, 5.41) is 3.03. The summed E-state index contributed by atoms with van der Waals surface area (Å²) in [6.45, 7) is 4.39. The van der Waals surface area contributed by atoms with Gasteiger partial charge in [0.1, 0.15) is 5.75 Å². The number of benzene rings is 2. The van der Waals surface area contributed by atoms with Gasteiger partial charge in [-0.3, -0.25) is 9.69 Å². The SMILES string of the molecule is CCOc1ccc(NC(=O)[C@@H]2CCCN2Cc2ccccc2)cc1. The van der Waals surface area contributed by atoms with Crippen LogP contribution in [0.3, 0.4) is 0 Å². The van der Waals surface area contributed by atoms with Crippen LogP contribution in [0.2, 0.25) is 0 Å². The Morgan fingerprint density at radius 2 is 1.92 bits per heavy atom. The summed E-state index contributed by atoms with van der Waals surface area (Å²) in [5.41, 5.74) is 2.06. The van der Waals surface area contributed by atoms with Gasteiger partial charge in [-0.1, -0.05) is 30.3 Å². The smallest absolute Gasteiger partial charge is 0.241 e. The zero-order valence-corrected chi connectivity index (χ0v) is 14.1. The third-order valence-corrected chi connectivity index (χ3v) is 4.33. The standard InChI is InChI=1S/C20H24N2O2/c1-2-24-18-12-10-17(11-13-18)21-20(23)19-9-6-14-22(19)15-16-7-4-3-5-8-16/h3-5,7-8,10-13,19H,2,6,9,14-15H2,1H3,(H,21,23)/t19-/m0/s1. The molecule has 1 fully saturated rings. The summed E-state index contributed by atoms with van der Waals surface area (Å²) in [7, 11) is 0. The zero-order chi connectivity index (χ0) is 16.8. The number of nitrogens with one attached hydrogen (secondary N) is 1. The van der Waals surface area contributed by atoms with E-state index in [1.807, 2.05) is 49.4 Å². The number of carbonyl (C=O) groups is 1. The van der Waals surface area contributed by atoms with Gasteiger partial charge in [0, 0.05) is 12.2 Å². The summed E-state index contributed by atoms with van der Waals surface area (Å²) in [4.78, 5) is 14.9. The Kier molecular flexibility index (Phi) is 5.49. The average molecular weight is 324 g/mol. The van der Waals surface area contributed by atoms with Crippen LogP contribution >= 0.6 is 0 Å². The van der Waals surface area contributed by atoms with E-state index in [-0.39, 0.29) is 11.9 Å². The Bertz CT molecular complexity index is 655. The molecule has 0 aromatic heterocycles. The quantitative estimate of drug-likeness (QED) is 0.881. The normalized spacial score (nSPS) is 17.6. The average Bonchev–Trinajstić information content (AvgIpc) is 3.06. The summed E-state index contributed by atoms with van der Waals surface area (Å²) >= 11 is 0. The molecule has 2 aromatic rings. The highest BCUT2D eigenvalue weighted by Crippen LogP contribution is 2.22. The van der Waals surface area contributed by atoms with Gasteiger partial charge < -0.3 is 10.1 Å². The summed E-state index contributed by atoms with van der Waals surface area (Å²) in [5.74, 6) is 0.898. The van der Waals surface area contributed by atoms with Crippen molar-refractivity contribution in [2.24, 2.45) is 0 Å². The molecular weight excluding hydrogens is 300 g/mol. The molecule has 0 radical (unpaired) electrons. The highest BCUT2D eigenvalue weighted by molar-refractivity contribution is 5.95. The largest absolute Gasteiger partial charge is 0.494 e. The van der Waals surface area contributed by atoms with Crippen LogP contribution in [0.15, 0.2) is 54.6 Å². The Balaban J connectivity index is 1.61. The number of likely N-dealkylation sites (tertiary alicyclic amines) is 1. The van der Waals surface area contributed by atoms with Crippen molar-refractivity contribution in [1.82, 2.24) is 4.90 Å². The van der Waals surface area contributed by atoms with Crippen LogP contribution < -0.4 is 10.1 Å². The van der Waals surface area contributed by atoms with Crippen LogP contribution in [0.5, 0.6) is 5.75 Å². The molecule has 1 aliphatic heterocycles. The van der Waals surface area contributed by atoms with Crippen molar-refractivity contribution < 1.29 is 9.53 Å². The second-order valence-corrected chi connectivity index (χ2v) is 6.06. The molecule has 24 heavy (non-hydrogen) atoms. The Morgan fingerprint density at radius 1 is 1.17 bits per heavy atom. The molecule has 0 spiro atoms. The fourth-order valence-electron chi connectivity index (χ4n) is 3.16. The van der Waals surface area contributed by atoms with E-state index < -0.39 is 0 Å². The van der Waals surface area contributed by atoms with Gasteiger partial charge >= 0.3 is 0 Å². The van der Waals surface area contributed by atoms with Crippen molar-refractivity contribution >= 4 is 11.6 Å². The highest BCUT2D eigenvalue weighted by atomic mass is 16.5. The summed E-state index contributed by atoms with van der Waals surface area (Å²) in [6, 6.07) is 17.8. The molecule has 0 saturated carbocycles. The molecule has 3 rings (SSSR count). The van der Waals surface area contributed by atoms with Crippen LogP contribution in [0.1, 0.15) is 25.3 Å². The van der Waals surface area contributed by atoms with Crippen molar-refractivity contribution in [2.45, 2.75) is 32.4 Å². The van der Waals surface area contributed by atoms with E-state index in [0.717, 1.165) is 37.4 Å². The van der Waals surface area contributed by atoms with Crippen molar-refractivity contribution in [1.29, 1.82) is 0 Å². The summed E-state index contributed by atoms with van der Waals surface area (Å²) < 4.78 is 5.43. The van der Waals surface area contributed by atoms with Gasteiger partial charge in [-0.15, -0.1) is 0 Å². The molecule has 1 atom stereocenters. The molecule has 1 N–H and O–H groups in total. The maximum absolute atomic E-state index is 12.6. The number of ether oxygens (including phenoxy) is 1. The van der Waals surface area contributed by atoms with Crippen LogP contribution in [0.25, 0.3) is 0 Å².